The quantitative estimate of drug-likeness (QED) is 0.902. The molecule has 0 spiro atoms. The van der Waals surface area contributed by atoms with E-state index in [0.717, 1.165) is 5.56 Å². The predicted molar refractivity (Wildman–Crippen MR) is 96.4 cm³/mol. The summed E-state index contributed by atoms with van der Waals surface area (Å²) in [6.45, 7) is 7.52. The van der Waals surface area contributed by atoms with E-state index in [4.69, 9.17) is 9.47 Å². The van der Waals surface area contributed by atoms with E-state index >= 15 is 0 Å². The van der Waals surface area contributed by atoms with Crippen LogP contribution in [0.1, 0.15) is 39.0 Å². The molecule has 1 N–H and O–H groups in total. The second kappa shape index (κ2) is 7.88. The van der Waals surface area contributed by atoms with Gasteiger partial charge in [0.1, 0.15) is 12.2 Å². The molecule has 1 amide bonds. The zero-order chi connectivity index (χ0) is 18.4. The van der Waals surface area contributed by atoms with Gasteiger partial charge in [0.05, 0.1) is 5.69 Å². The number of amides is 1. The first-order valence-corrected chi connectivity index (χ1v) is 8.21. The minimum atomic E-state index is -0.609. The van der Waals surface area contributed by atoms with Gasteiger partial charge in [0.15, 0.2) is 5.75 Å². The normalized spacial score (nSPS) is 11.0. The van der Waals surface area contributed by atoms with E-state index in [-0.39, 0.29) is 17.8 Å². The molecule has 0 bridgehead atoms. The summed E-state index contributed by atoms with van der Waals surface area (Å²) in [5.41, 5.74) is 3.32. The number of benzene rings is 1. The summed E-state index contributed by atoms with van der Waals surface area (Å²) in [7, 11) is 0. The van der Waals surface area contributed by atoms with Crippen LogP contribution >= 0.6 is 0 Å². The van der Waals surface area contributed by atoms with Crippen LogP contribution in [0.25, 0.3) is 0 Å². The molecule has 0 aliphatic carbocycles. The van der Waals surface area contributed by atoms with Gasteiger partial charge in [0.2, 0.25) is 5.43 Å². The second-order valence-electron chi connectivity index (χ2n) is 6.57. The molecule has 1 heterocycles. The minimum Gasteiger partial charge on any atom is -0.483 e. The third kappa shape index (κ3) is 5.38. The van der Waals surface area contributed by atoms with Gasteiger partial charge in [0.25, 0.3) is 0 Å². The van der Waals surface area contributed by atoms with E-state index in [0.29, 0.717) is 12.1 Å². The molecule has 0 saturated heterocycles. The van der Waals surface area contributed by atoms with Crippen molar-refractivity contribution in [3.05, 3.63) is 64.1 Å². The van der Waals surface area contributed by atoms with Crippen LogP contribution in [0.2, 0.25) is 0 Å². The van der Waals surface area contributed by atoms with Gasteiger partial charge in [-0.05, 0) is 32.8 Å². The number of aromatic nitrogens is 1. The molecule has 6 heteroatoms. The van der Waals surface area contributed by atoms with Gasteiger partial charge in [-0.25, -0.2) is 10.2 Å². The lowest BCUT2D eigenvalue weighted by atomic mass is 10.2. The summed E-state index contributed by atoms with van der Waals surface area (Å²) in [5, 5.41) is 0. The van der Waals surface area contributed by atoms with Crippen LogP contribution in [0.5, 0.6) is 5.75 Å². The summed E-state index contributed by atoms with van der Waals surface area (Å²) >= 11 is 0. The lowest BCUT2D eigenvalue weighted by Gasteiger charge is -2.22. The van der Waals surface area contributed by atoms with Gasteiger partial charge >= 0.3 is 6.09 Å². The number of hydrogen-bond donors (Lipinski definition) is 1. The van der Waals surface area contributed by atoms with E-state index in [2.05, 4.69) is 5.43 Å². The molecule has 1 aromatic carbocycles. The lowest BCUT2D eigenvalue weighted by Crippen LogP contribution is -2.33. The average Bonchev–Trinajstić information content (AvgIpc) is 2.54. The summed E-state index contributed by atoms with van der Waals surface area (Å²) < 4.78 is 12.5. The van der Waals surface area contributed by atoms with Crippen molar-refractivity contribution in [2.24, 2.45) is 0 Å². The molecule has 0 aliphatic rings. The number of ether oxygens (including phenoxy) is 2. The van der Waals surface area contributed by atoms with E-state index in [1.54, 1.807) is 20.8 Å². The van der Waals surface area contributed by atoms with Gasteiger partial charge in [-0.1, -0.05) is 37.3 Å². The highest BCUT2D eigenvalue weighted by molar-refractivity contribution is 5.76. The van der Waals surface area contributed by atoms with Crippen molar-refractivity contribution < 1.29 is 14.3 Å². The molecular formula is C19H24N2O4. The fourth-order valence-electron chi connectivity index (χ4n) is 2.28. The molecule has 0 atom stereocenters. The Morgan fingerprint density at radius 1 is 1.16 bits per heavy atom. The smallest absolute Gasteiger partial charge is 0.426 e. The zero-order valence-corrected chi connectivity index (χ0v) is 15.0. The van der Waals surface area contributed by atoms with E-state index in [1.807, 2.05) is 37.3 Å². The number of carbonyl (C=O) groups excluding carboxylic acids is 1. The Bertz CT molecular complexity index is 776. The summed E-state index contributed by atoms with van der Waals surface area (Å²) in [5.74, 6) is 0.227. The Morgan fingerprint density at radius 3 is 2.44 bits per heavy atom. The predicted octanol–water partition coefficient (Wildman–Crippen LogP) is 3.47. The molecule has 134 valence electrons. The van der Waals surface area contributed by atoms with Crippen molar-refractivity contribution in [2.75, 3.05) is 5.43 Å². The molecule has 0 unspecified atom stereocenters. The van der Waals surface area contributed by atoms with Crippen molar-refractivity contribution >= 4 is 6.09 Å². The Labute approximate surface area is 147 Å². The fourth-order valence-corrected chi connectivity index (χ4v) is 2.28. The standard InChI is InChI=1S/C19H24N2O4/c1-5-15-17(24-13-14-9-7-6-8-10-14)16(22)11-12-21(15)20-18(23)25-19(2,3)4/h6-12H,5,13H2,1-4H3,(H,20,23). The fraction of sp³-hybridized carbons (Fsp3) is 0.368. The monoisotopic (exact) mass is 344 g/mol. The highest BCUT2D eigenvalue weighted by Gasteiger charge is 2.18. The molecule has 2 rings (SSSR count). The minimum absolute atomic E-state index is 0.227. The van der Waals surface area contributed by atoms with Crippen LogP contribution in [0.4, 0.5) is 4.79 Å². The van der Waals surface area contributed by atoms with Crippen LogP contribution in [0.3, 0.4) is 0 Å². The Kier molecular flexibility index (Phi) is 5.85. The topological polar surface area (TPSA) is 69.6 Å². The third-order valence-corrected chi connectivity index (χ3v) is 3.32. The van der Waals surface area contributed by atoms with E-state index < -0.39 is 11.7 Å². The third-order valence-electron chi connectivity index (χ3n) is 3.32. The molecule has 1 aromatic heterocycles. The highest BCUT2D eigenvalue weighted by atomic mass is 16.6. The zero-order valence-electron chi connectivity index (χ0n) is 15.0. The molecule has 0 radical (unpaired) electrons. The molecular weight excluding hydrogens is 320 g/mol. The molecule has 25 heavy (non-hydrogen) atoms. The van der Waals surface area contributed by atoms with Crippen LogP contribution in [-0.2, 0) is 17.8 Å². The van der Waals surface area contributed by atoms with Crippen LogP contribution in [0.15, 0.2) is 47.4 Å². The first-order valence-electron chi connectivity index (χ1n) is 8.21. The van der Waals surface area contributed by atoms with Gasteiger partial charge in [0, 0.05) is 12.3 Å². The number of rotatable bonds is 5. The first kappa shape index (κ1) is 18.6. The summed E-state index contributed by atoms with van der Waals surface area (Å²) in [6, 6.07) is 10.9. The van der Waals surface area contributed by atoms with E-state index in [9.17, 15) is 9.59 Å². The summed E-state index contributed by atoms with van der Waals surface area (Å²) in [6.07, 6.45) is 1.41. The number of nitrogens with zero attached hydrogens (tertiary/aromatic N) is 1. The number of hydrogen-bond acceptors (Lipinski definition) is 4. The van der Waals surface area contributed by atoms with E-state index in [1.165, 1.54) is 16.9 Å². The maximum Gasteiger partial charge on any atom is 0.426 e. The lowest BCUT2D eigenvalue weighted by molar-refractivity contribution is 0.0612. The molecule has 0 saturated carbocycles. The molecule has 0 fully saturated rings. The van der Waals surface area contributed by atoms with Crippen LogP contribution < -0.4 is 15.6 Å². The molecule has 0 aliphatic heterocycles. The van der Waals surface area contributed by atoms with Crippen molar-refractivity contribution in [1.82, 2.24) is 4.68 Å². The average molecular weight is 344 g/mol. The van der Waals surface area contributed by atoms with Crippen molar-refractivity contribution in [3.8, 4) is 5.75 Å². The maximum absolute atomic E-state index is 12.2. The summed E-state index contributed by atoms with van der Waals surface area (Å²) in [4.78, 5) is 24.2. The number of pyridine rings is 1. The number of nitrogens with one attached hydrogen (secondary N) is 1. The van der Waals surface area contributed by atoms with Crippen LogP contribution in [0, 0.1) is 0 Å². The second-order valence-corrected chi connectivity index (χ2v) is 6.57. The van der Waals surface area contributed by atoms with Gasteiger partial charge in [-0.2, -0.15) is 0 Å². The molecule has 6 nitrogen and oxygen atoms in total. The van der Waals surface area contributed by atoms with Crippen molar-refractivity contribution in [2.45, 2.75) is 46.3 Å². The van der Waals surface area contributed by atoms with Crippen molar-refractivity contribution in [1.29, 1.82) is 0 Å². The van der Waals surface area contributed by atoms with Gasteiger partial charge in [-0.15, -0.1) is 0 Å². The SMILES string of the molecule is CCc1c(OCc2ccccc2)c(=O)ccn1NC(=O)OC(C)(C)C. The largest absolute Gasteiger partial charge is 0.483 e. The first-order chi connectivity index (χ1) is 11.8. The highest BCUT2D eigenvalue weighted by Crippen LogP contribution is 2.16. The van der Waals surface area contributed by atoms with Gasteiger partial charge in [-0.3, -0.25) is 9.47 Å². The Hall–Kier alpha value is -2.76. The Balaban J connectivity index is 2.22. The van der Waals surface area contributed by atoms with Crippen molar-refractivity contribution in [3.63, 3.8) is 0 Å². The Morgan fingerprint density at radius 2 is 1.84 bits per heavy atom. The van der Waals surface area contributed by atoms with Crippen LogP contribution in [-0.4, -0.2) is 16.4 Å². The number of carbonyl (C=O) groups is 1. The molecule has 2 aromatic rings. The maximum atomic E-state index is 12.2. The van der Waals surface area contributed by atoms with Gasteiger partial charge < -0.3 is 9.47 Å².